The Morgan fingerprint density at radius 3 is 2.39 bits per heavy atom. The Kier molecular flexibility index (Phi) is 5.28. The number of carbonyl (C=O) groups excluding carboxylic acids is 2. The zero-order chi connectivity index (χ0) is 22.1. The van der Waals surface area contributed by atoms with Gasteiger partial charge in [-0.1, -0.05) is 41.9 Å². The number of amides is 1. The van der Waals surface area contributed by atoms with E-state index in [0.29, 0.717) is 16.3 Å². The van der Waals surface area contributed by atoms with Gasteiger partial charge in [-0.15, -0.1) is 0 Å². The second-order valence-corrected chi connectivity index (χ2v) is 7.30. The van der Waals surface area contributed by atoms with Crippen LogP contribution in [-0.4, -0.2) is 16.8 Å². The molecule has 0 spiro atoms. The van der Waals surface area contributed by atoms with E-state index >= 15 is 0 Å². The molecule has 0 radical (unpaired) electrons. The lowest BCUT2D eigenvalue weighted by Gasteiger charge is -2.25. The number of rotatable bonds is 3. The van der Waals surface area contributed by atoms with Crippen molar-refractivity contribution in [2.24, 2.45) is 0 Å². The third-order valence-corrected chi connectivity index (χ3v) is 5.25. The quantitative estimate of drug-likeness (QED) is 0.359. The Morgan fingerprint density at radius 2 is 1.74 bits per heavy atom. The first-order valence-corrected chi connectivity index (χ1v) is 9.61. The van der Waals surface area contributed by atoms with Gasteiger partial charge in [-0.25, -0.2) is 4.39 Å². The summed E-state index contributed by atoms with van der Waals surface area (Å²) in [5, 5.41) is 20.3. The number of ketones is 1. The number of halogens is 2. The van der Waals surface area contributed by atoms with Crippen LogP contribution in [0.2, 0.25) is 5.02 Å². The van der Waals surface area contributed by atoms with Crippen LogP contribution in [0.25, 0.3) is 5.76 Å². The Labute approximate surface area is 182 Å². The average Bonchev–Trinajstić information content (AvgIpc) is 3.04. The summed E-state index contributed by atoms with van der Waals surface area (Å²) in [5.74, 6) is -2.95. The first kappa shape index (κ1) is 20.3. The van der Waals surface area contributed by atoms with Gasteiger partial charge in [0, 0.05) is 21.8 Å². The highest BCUT2D eigenvalue weighted by Crippen LogP contribution is 2.43. The molecule has 31 heavy (non-hydrogen) atoms. The molecule has 0 saturated carbocycles. The first-order valence-electron chi connectivity index (χ1n) is 9.24. The molecule has 1 aliphatic heterocycles. The zero-order valence-corrected chi connectivity index (χ0v) is 16.7. The predicted octanol–water partition coefficient (Wildman–Crippen LogP) is 4.98. The van der Waals surface area contributed by atoms with Gasteiger partial charge in [0.1, 0.15) is 11.6 Å². The highest BCUT2D eigenvalue weighted by Gasteiger charge is 2.47. The van der Waals surface area contributed by atoms with E-state index in [9.17, 15) is 19.1 Å². The van der Waals surface area contributed by atoms with Crippen LogP contribution in [0.3, 0.4) is 0 Å². The number of carbonyl (C=O) groups is 2. The molecule has 1 unspecified atom stereocenters. The van der Waals surface area contributed by atoms with Crippen LogP contribution in [-0.2, 0) is 9.59 Å². The summed E-state index contributed by atoms with van der Waals surface area (Å²) >= 11 is 6.01. The van der Waals surface area contributed by atoms with Crippen LogP contribution in [0.5, 0.6) is 0 Å². The van der Waals surface area contributed by atoms with Crippen molar-refractivity contribution in [1.29, 1.82) is 5.26 Å². The van der Waals surface area contributed by atoms with E-state index in [0.717, 1.165) is 4.90 Å². The minimum absolute atomic E-state index is 0.0506. The number of aliphatic hydroxyl groups excluding tert-OH is 1. The van der Waals surface area contributed by atoms with Gasteiger partial charge in [0.15, 0.2) is 0 Å². The molecule has 1 saturated heterocycles. The SMILES string of the molecule is N#Cc1ccc(N2C(=O)C(=O)/C(=C(\O)c3cccc(Cl)c3)C2c2ccccc2F)cc1. The van der Waals surface area contributed by atoms with Gasteiger partial charge < -0.3 is 5.11 Å². The van der Waals surface area contributed by atoms with Crippen molar-refractivity contribution in [3.8, 4) is 6.07 Å². The topological polar surface area (TPSA) is 81.4 Å². The van der Waals surface area contributed by atoms with Gasteiger partial charge in [-0.3, -0.25) is 14.5 Å². The smallest absolute Gasteiger partial charge is 0.300 e. The molecule has 1 atom stereocenters. The van der Waals surface area contributed by atoms with E-state index in [-0.39, 0.29) is 16.7 Å². The molecule has 0 aliphatic carbocycles. The number of anilines is 1. The fourth-order valence-electron chi connectivity index (χ4n) is 3.58. The minimum Gasteiger partial charge on any atom is -0.507 e. The third-order valence-electron chi connectivity index (χ3n) is 5.02. The summed E-state index contributed by atoms with van der Waals surface area (Å²) in [5.41, 5.74) is 0.684. The molecule has 5 nitrogen and oxygen atoms in total. The molecule has 0 aromatic heterocycles. The second-order valence-electron chi connectivity index (χ2n) is 6.86. The van der Waals surface area contributed by atoms with E-state index in [1.807, 2.05) is 6.07 Å². The monoisotopic (exact) mass is 432 g/mol. The van der Waals surface area contributed by atoms with Crippen LogP contribution >= 0.6 is 11.6 Å². The van der Waals surface area contributed by atoms with Gasteiger partial charge in [-0.05, 0) is 42.5 Å². The maximum absolute atomic E-state index is 14.8. The maximum atomic E-state index is 14.8. The lowest BCUT2D eigenvalue weighted by Crippen LogP contribution is -2.29. The fraction of sp³-hybridized carbons (Fsp3) is 0.0417. The number of Topliss-reactive ketones (excluding diaryl/α,β-unsaturated/α-hetero) is 1. The molecule has 7 heteroatoms. The molecule has 1 N–H and O–H groups in total. The Hall–Kier alpha value is -3.95. The largest absolute Gasteiger partial charge is 0.507 e. The molecular formula is C24H14ClFN2O3. The molecule has 4 rings (SSSR count). The molecule has 152 valence electrons. The minimum atomic E-state index is -1.20. The predicted molar refractivity (Wildman–Crippen MR) is 114 cm³/mol. The van der Waals surface area contributed by atoms with Crippen molar-refractivity contribution in [2.45, 2.75) is 6.04 Å². The lowest BCUT2D eigenvalue weighted by atomic mass is 9.94. The summed E-state index contributed by atoms with van der Waals surface area (Å²) in [6.07, 6.45) is 0. The van der Waals surface area contributed by atoms with E-state index in [2.05, 4.69) is 0 Å². The molecular weight excluding hydrogens is 419 g/mol. The molecule has 0 bridgehead atoms. The highest BCUT2D eigenvalue weighted by molar-refractivity contribution is 6.51. The Morgan fingerprint density at radius 1 is 1.03 bits per heavy atom. The first-order chi connectivity index (χ1) is 14.9. The highest BCUT2D eigenvalue weighted by atomic mass is 35.5. The zero-order valence-electron chi connectivity index (χ0n) is 15.9. The molecule has 3 aromatic carbocycles. The van der Waals surface area contributed by atoms with Crippen LogP contribution in [0.15, 0.2) is 78.4 Å². The van der Waals surface area contributed by atoms with E-state index in [1.165, 1.54) is 54.6 Å². The number of nitrogens with zero attached hydrogens (tertiary/aromatic N) is 2. The average molecular weight is 433 g/mol. The van der Waals surface area contributed by atoms with Crippen molar-refractivity contribution in [2.75, 3.05) is 4.90 Å². The number of hydrogen-bond donors (Lipinski definition) is 1. The summed E-state index contributed by atoms with van der Waals surface area (Å²) in [6, 6.07) is 18.7. The number of hydrogen-bond acceptors (Lipinski definition) is 4. The summed E-state index contributed by atoms with van der Waals surface area (Å²) < 4.78 is 14.8. The van der Waals surface area contributed by atoms with E-state index in [1.54, 1.807) is 18.2 Å². The summed E-state index contributed by atoms with van der Waals surface area (Å²) in [6.45, 7) is 0. The lowest BCUT2D eigenvalue weighted by molar-refractivity contribution is -0.132. The van der Waals surface area contributed by atoms with Gasteiger partial charge in [0.25, 0.3) is 11.7 Å². The number of nitriles is 1. The Balaban J connectivity index is 1.97. The van der Waals surface area contributed by atoms with Crippen molar-refractivity contribution in [3.63, 3.8) is 0 Å². The van der Waals surface area contributed by atoms with Crippen LogP contribution < -0.4 is 4.90 Å². The van der Waals surface area contributed by atoms with Gasteiger partial charge in [-0.2, -0.15) is 5.26 Å². The van der Waals surface area contributed by atoms with Gasteiger partial charge >= 0.3 is 0 Å². The molecule has 1 fully saturated rings. The molecule has 1 heterocycles. The summed E-state index contributed by atoms with van der Waals surface area (Å²) in [7, 11) is 0. The molecule has 3 aromatic rings. The maximum Gasteiger partial charge on any atom is 0.300 e. The van der Waals surface area contributed by atoms with Crippen LogP contribution in [0.1, 0.15) is 22.7 Å². The number of benzene rings is 3. The van der Waals surface area contributed by atoms with Crippen LogP contribution in [0, 0.1) is 17.1 Å². The van der Waals surface area contributed by atoms with Crippen molar-refractivity contribution in [3.05, 3.63) is 106 Å². The second kappa shape index (κ2) is 8.05. The Bertz CT molecular complexity index is 1280. The van der Waals surface area contributed by atoms with E-state index < -0.39 is 29.3 Å². The van der Waals surface area contributed by atoms with Crippen molar-refractivity contribution < 1.29 is 19.1 Å². The summed E-state index contributed by atoms with van der Waals surface area (Å²) in [4.78, 5) is 27.1. The number of aliphatic hydroxyl groups is 1. The molecule has 1 aliphatic rings. The van der Waals surface area contributed by atoms with Gasteiger partial charge in [0.05, 0.1) is 23.2 Å². The standard InChI is InChI=1S/C24H14ClFN2O3/c25-16-5-3-4-15(12-16)22(29)20-21(18-6-1-2-7-19(18)26)28(24(31)23(20)30)17-10-8-14(13-27)9-11-17/h1-12,21,29H/b22-20-. The van der Waals surface area contributed by atoms with Crippen molar-refractivity contribution in [1.82, 2.24) is 0 Å². The van der Waals surface area contributed by atoms with Crippen molar-refractivity contribution >= 4 is 34.7 Å². The third kappa shape index (κ3) is 3.56. The normalized spacial score (nSPS) is 17.6. The van der Waals surface area contributed by atoms with E-state index in [4.69, 9.17) is 16.9 Å². The van der Waals surface area contributed by atoms with Crippen LogP contribution in [0.4, 0.5) is 10.1 Å². The molecule has 1 amide bonds. The van der Waals surface area contributed by atoms with Gasteiger partial charge in [0.2, 0.25) is 0 Å². The fourth-order valence-corrected chi connectivity index (χ4v) is 3.77.